The number of methoxy groups -OCH3 is 1. The number of hydrogen-bond donors (Lipinski definition) is 1. The van der Waals surface area contributed by atoms with E-state index in [1.165, 1.54) is 5.56 Å². The van der Waals surface area contributed by atoms with Crippen molar-refractivity contribution in [2.75, 3.05) is 40.3 Å². The van der Waals surface area contributed by atoms with Crippen molar-refractivity contribution in [2.45, 2.75) is 25.8 Å². The van der Waals surface area contributed by atoms with E-state index in [-0.39, 0.29) is 11.8 Å². The lowest BCUT2D eigenvalue weighted by Gasteiger charge is -2.22. The van der Waals surface area contributed by atoms with E-state index in [0.717, 1.165) is 56.9 Å². The lowest BCUT2D eigenvalue weighted by Crippen LogP contribution is -2.35. The number of carbonyl (C=O) groups is 2. The largest absolute Gasteiger partial charge is 0.497 e. The van der Waals surface area contributed by atoms with Gasteiger partial charge in [-0.05, 0) is 48.2 Å². The zero-order valence-electron chi connectivity index (χ0n) is 17.9. The Morgan fingerprint density at radius 3 is 2.30 bits per heavy atom. The molecule has 6 nitrogen and oxygen atoms in total. The Morgan fingerprint density at radius 1 is 0.933 bits per heavy atom. The van der Waals surface area contributed by atoms with E-state index < -0.39 is 0 Å². The van der Waals surface area contributed by atoms with Crippen molar-refractivity contribution in [1.29, 1.82) is 0 Å². The van der Waals surface area contributed by atoms with Gasteiger partial charge in [-0.2, -0.15) is 0 Å². The molecule has 1 aliphatic rings. The molecule has 0 radical (unpaired) electrons. The second kappa shape index (κ2) is 10.8. The summed E-state index contributed by atoms with van der Waals surface area (Å²) in [7, 11) is 3.29. The number of rotatable bonds is 7. The highest BCUT2D eigenvalue weighted by atomic mass is 16.5. The van der Waals surface area contributed by atoms with Gasteiger partial charge < -0.3 is 15.0 Å². The topological polar surface area (TPSA) is 61.9 Å². The van der Waals surface area contributed by atoms with E-state index in [9.17, 15) is 9.59 Å². The number of ether oxygens (including phenoxy) is 1. The summed E-state index contributed by atoms with van der Waals surface area (Å²) >= 11 is 0. The molecule has 0 bridgehead atoms. The molecule has 0 saturated carbocycles. The molecular formula is C24H31N3O3. The minimum atomic E-state index is -0.0693. The fourth-order valence-corrected chi connectivity index (χ4v) is 3.74. The molecule has 160 valence electrons. The highest BCUT2D eigenvalue weighted by Crippen LogP contribution is 2.15. The number of hydrogen-bond acceptors (Lipinski definition) is 4. The van der Waals surface area contributed by atoms with Crippen LogP contribution in [-0.2, 0) is 17.8 Å². The Kier molecular flexibility index (Phi) is 7.85. The number of benzene rings is 2. The van der Waals surface area contributed by atoms with Gasteiger partial charge in [0.1, 0.15) is 5.75 Å². The number of carbonyl (C=O) groups excluding carboxylic acids is 2. The highest BCUT2D eigenvalue weighted by Gasteiger charge is 2.19. The molecule has 1 fully saturated rings. The SMILES string of the molecule is CNC(=O)c1ccc(CN2CCCN(C(=O)CCc3ccc(OC)cc3)CC2)cc1. The first-order chi connectivity index (χ1) is 14.6. The quantitative estimate of drug-likeness (QED) is 0.764. The van der Waals surface area contributed by atoms with Crippen LogP contribution in [0.4, 0.5) is 0 Å². The zero-order chi connectivity index (χ0) is 21.3. The van der Waals surface area contributed by atoms with Crippen molar-refractivity contribution < 1.29 is 14.3 Å². The molecule has 1 heterocycles. The molecule has 0 spiro atoms. The van der Waals surface area contributed by atoms with Crippen molar-refractivity contribution in [3.05, 3.63) is 65.2 Å². The molecule has 0 aromatic heterocycles. The average Bonchev–Trinajstić information content (AvgIpc) is 3.03. The van der Waals surface area contributed by atoms with Gasteiger partial charge in [0.25, 0.3) is 5.91 Å². The van der Waals surface area contributed by atoms with E-state index in [2.05, 4.69) is 10.2 Å². The van der Waals surface area contributed by atoms with Crippen LogP contribution in [0.15, 0.2) is 48.5 Å². The molecule has 2 aromatic carbocycles. The summed E-state index contributed by atoms with van der Waals surface area (Å²) < 4.78 is 5.18. The summed E-state index contributed by atoms with van der Waals surface area (Å²) in [5.41, 5.74) is 3.01. The Bertz CT molecular complexity index is 834. The minimum absolute atomic E-state index is 0.0693. The van der Waals surface area contributed by atoms with Crippen LogP contribution in [0.5, 0.6) is 5.75 Å². The third kappa shape index (κ3) is 6.07. The van der Waals surface area contributed by atoms with Crippen molar-refractivity contribution in [2.24, 2.45) is 0 Å². The van der Waals surface area contributed by atoms with Crippen LogP contribution < -0.4 is 10.1 Å². The Balaban J connectivity index is 1.46. The molecule has 3 rings (SSSR count). The first-order valence-corrected chi connectivity index (χ1v) is 10.5. The predicted octanol–water partition coefficient (Wildman–Crippen LogP) is 2.72. The van der Waals surface area contributed by atoms with E-state index in [4.69, 9.17) is 4.74 Å². The van der Waals surface area contributed by atoms with Gasteiger partial charge in [-0.3, -0.25) is 14.5 Å². The van der Waals surface area contributed by atoms with Crippen molar-refractivity contribution >= 4 is 11.8 Å². The predicted molar refractivity (Wildman–Crippen MR) is 118 cm³/mol. The molecule has 30 heavy (non-hydrogen) atoms. The number of amides is 2. The molecule has 1 saturated heterocycles. The Labute approximate surface area is 178 Å². The summed E-state index contributed by atoms with van der Waals surface area (Å²) in [6.07, 6.45) is 2.26. The molecule has 1 N–H and O–H groups in total. The number of nitrogens with one attached hydrogen (secondary N) is 1. The van der Waals surface area contributed by atoms with Crippen molar-refractivity contribution in [3.63, 3.8) is 0 Å². The maximum absolute atomic E-state index is 12.7. The van der Waals surface area contributed by atoms with Gasteiger partial charge in [0, 0.05) is 51.8 Å². The lowest BCUT2D eigenvalue weighted by molar-refractivity contribution is -0.131. The fourth-order valence-electron chi connectivity index (χ4n) is 3.74. The standard InChI is InChI=1S/C24H31N3O3/c1-25-24(29)21-9-4-20(5-10-21)18-26-14-3-15-27(17-16-26)23(28)13-8-19-6-11-22(30-2)12-7-19/h4-7,9-12H,3,8,13-18H2,1-2H3,(H,25,29). The van der Waals surface area contributed by atoms with E-state index in [0.29, 0.717) is 12.0 Å². The van der Waals surface area contributed by atoms with Crippen LogP contribution >= 0.6 is 0 Å². The summed E-state index contributed by atoms with van der Waals surface area (Å²) in [6, 6.07) is 15.6. The van der Waals surface area contributed by atoms with Crippen LogP contribution in [0, 0.1) is 0 Å². The van der Waals surface area contributed by atoms with Gasteiger partial charge in [-0.15, -0.1) is 0 Å². The van der Waals surface area contributed by atoms with Crippen LogP contribution in [0.1, 0.15) is 34.3 Å². The van der Waals surface area contributed by atoms with Crippen LogP contribution in [-0.4, -0.2) is 62.0 Å². The normalized spacial score (nSPS) is 14.8. The lowest BCUT2D eigenvalue weighted by atomic mass is 10.1. The van der Waals surface area contributed by atoms with Gasteiger partial charge in [-0.1, -0.05) is 24.3 Å². The molecule has 0 atom stereocenters. The van der Waals surface area contributed by atoms with Gasteiger partial charge in [0.15, 0.2) is 0 Å². The molecule has 1 aliphatic heterocycles. The third-order valence-corrected chi connectivity index (χ3v) is 5.58. The third-order valence-electron chi connectivity index (χ3n) is 5.58. The number of aryl methyl sites for hydroxylation is 1. The molecule has 0 aliphatic carbocycles. The van der Waals surface area contributed by atoms with Crippen molar-refractivity contribution in [1.82, 2.24) is 15.1 Å². The fraction of sp³-hybridized carbons (Fsp3) is 0.417. The van der Waals surface area contributed by atoms with Gasteiger partial charge >= 0.3 is 0 Å². The van der Waals surface area contributed by atoms with Crippen LogP contribution in [0.25, 0.3) is 0 Å². The van der Waals surface area contributed by atoms with Gasteiger partial charge in [0.2, 0.25) is 5.91 Å². The maximum Gasteiger partial charge on any atom is 0.251 e. The zero-order valence-corrected chi connectivity index (χ0v) is 17.9. The maximum atomic E-state index is 12.7. The molecule has 0 unspecified atom stereocenters. The minimum Gasteiger partial charge on any atom is -0.497 e. The average molecular weight is 410 g/mol. The van der Waals surface area contributed by atoms with E-state index in [1.807, 2.05) is 53.4 Å². The Morgan fingerprint density at radius 2 is 1.63 bits per heavy atom. The Hall–Kier alpha value is -2.86. The van der Waals surface area contributed by atoms with Gasteiger partial charge in [-0.25, -0.2) is 0 Å². The second-order valence-corrected chi connectivity index (χ2v) is 7.63. The number of nitrogens with zero attached hydrogens (tertiary/aromatic N) is 2. The van der Waals surface area contributed by atoms with E-state index >= 15 is 0 Å². The second-order valence-electron chi connectivity index (χ2n) is 7.63. The summed E-state index contributed by atoms with van der Waals surface area (Å²) in [5.74, 6) is 0.990. The molecular weight excluding hydrogens is 378 g/mol. The molecule has 2 aromatic rings. The highest BCUT2D eigenvalue weighted by molar-refractivity contribution is 5.93. The molecule has 2 amide bonds. The van der Waals surface area contributed by atoms with Crippen LogP contribution in [0.3, 0.4) is 0 Å². The monoisotopic (exact) mass is 409 g/mol. The van der Waals surface area contributed by atoms with Crippen molar-refractivity contribution in [3.8, 4) is 5.75 Å². The first-order valence-electron chi connectivity index (χ1n) is 10.5. The van der Waals surface area contributed by atoms with Crippen LogP contribution in [0.2, 0.25) is 0 Å². The summed E-state index contributed by atoms with van der Waals surface area (Å²) in [5, 5.41) is 2.64. The van der Waals surface area contributed by atoms with E-state index in [1.54, 1.807) is 14.2 Å². The first kappa shape index (κ1) is 21.8. The summed E-state index contributed by atoms with van der Waals surface area (Å²) in [4.78, 5) is 28.7. The smallest absolute Gasteiger partial charge is 0.251 e. The summed E-state index contributed by atoms with van der Waals surface area (Å²) in [6.45, 7) is 4.25. The van der Waals surface area contributed by atoms with Gasteiger partial charge in [0.05, 0.1) is 7.11 Å². The molecule has 6 heteroatoms.